The van der Waals surface area contributed by atoms with E-state index >= 15 is 0 Å². The number of unbranched alkanes of at least 4 members (excludes halogenated alkanes) is 13. The summed E-state index contributed by atoms with van der Waals surface area (Å²) in [4.78, 5) is 12.2. The van der Waals surface area contributed by atoms with Crippen molar-refractivity contribution in [3.8, 4) is 33.9 Å². The Balaban J connectivity index is 0. The summed E-state index contributed by atoms with van der Waals surface area (Å²) in [5, 5.41) is 8.44. The van der Waals surface area contributed by atoms with Crippen LogP contribution < -0.4 is 12.4 Å². The maximum absolute atomic E-state index is 13.2. The molecule has 0 fully saturated rings. The first-order valence-corrected chi connectivity index (χ1v) is 25.2. The molecule has 6 aromatic rings. The molecule has 6 nitrogen and oxygen atoms in total. The molecule has 0 unspecified atom stereocenters. The molecular formula is C48H53Cl10F4IrN6. The molecule has 0 spiro atoms. The summed E-state index contributed by atoms with van der Waals surface area (Å²) < 4.78 is 51.3. The average molecular weight is 1340 g/mol. The van der Waals surface area contributed by atoms with Gasteiger partial charge in [0, 0.05) is 48.4 Å². The predicted molar refractivity (Wildman–Crippen MR) is 274 cm³/mol. The standard InChI is InChI=1S/C23H38N4.2C11H6F2N.3CHCl3.ClH.Ir/c1-2-3-4-5-6-7-8-9-10-11-12-13-14-17-20-27-21-23(25-26-27)22-18-15-16-19-24-22;2*12-8-4-5-9(10(13)7-8)11-3-1-2-6-14-11;3*2-1(3)4;;/h15-16,18-19,21H,2-14,17,20H2,1H3;2*1-4,6-7H;3*1H;1H;/q;2*-1;;;;;+3/p-1. The van der Waals surface area contributed by atoms with Crippen LogP contribution >= 0.6 is 104 Å². The van der Waals surface area contributed by atoms with E-state index in [4.69, 9.17) is 104 Å². The van der Waals surface area contributed by atoms with Gasteiger partial charge in [0.05, 0.1) is 11.9 Å². The Hall–Kier alpha value is -1.70. The number of pyridine rings is 3. The minimum absolute atomic E-state index is 0. The fourth-order valence-electron chi connectivity index (χ4n) is 5.81. The summed E-state index contributed by atoms with van der Waals surface area (Å²) in [6.45, 7) is 3.24. The molecule has 0 aliphatic carbocycles. The second-order valence-corrected chi connectivity index (χ2v) is 19.9. The summed E-state index contributed by atoms with van der Waals surface area (Å²) >= 11 is 43.3. The number of benzene rings is 2. The van der Waals surface area contributed by atoms with Crippen LogP contribution in [0.4, 0.5) is 17.6 Å². The molecule has 69 heavy (non-hydrogen) atoms. The predicted octanol–water partition coefficient (Wildman–Crippen LogP) is 15.4. The maximum atomic E-state index is 13.2. The number of rotatable bonds is 18. The van der Waals surface area contributed by atoms with E-state index in [9.17, 15) is 17.6 Å². The van der Waals surface area contributed by atoms with Gasteiger partial charge in [-0.2, -0.15) is 0 Å². The zero-order valence-corrected chi connectivity index (χ0v) is 47.4. The number of halogens is 14. The van der Waals surface area contributed by atoms with Gasteiger partial charge in [-0.3, -0.25) is 27.2 Å². The molecular weight excluding hydrogens is 1280 g/mol. The van der Waals surface area contributed by atoms with E-state index in [1.54, 1.807) is 55.0 Å². The van der Waals surface area contributed by atoms with E-state index in [1.165, 1.54) is 89.9 Å². The second kappa shape index (κ2) is 45.0. The molecule has 0 aliphatic heterocycles. The SMILES string of the molecule is CCCCCCCCCCCCCCCCn1cc(-c2ccccn2)nn1.ClC(Cl)Cl.ClC(Cl)Cl.ClC(Cl)Cl.Fc1c[c-]c(-c2ccccn2)c(F)c1.Fc1c[c-]c(-c2ccccn2)c(F)c1.[Cl-].[Ir+3]. The van der Waals surface area contributed by atoms with Crippen molar-refractivity contribution in [1.29, 1.82) is 0 Å². The summed E-state index contributed by atoms with van der Waals surface area (Å²) in [5.74, 6) is -2.57. The zero-order chi connectivity index (χ0) is 49.7. The van der Waals surface area contributed by atoms with Gasteiger partial charge in [0.25, 0.3) is 0 Å². The molecule has 4 heterocycles. The summed E-state index contributed by atoms with van der Waals surface area (Å²) in [6, 6.07) is 24.9. The fourth-order valence-corrected chi connectivity index (χ4v) is 5.81. The molecule has 6 rings (SSSR count). The minimum Gasteiger partial charge on any atom is -1.00 e. The van der Waals surface area contributed by atoms with Crippen LogP contribution in [0.3, 0.4) is 0 Å². The van der Waals surface area contributed by atoms with Crippen molar-refractivity contribution in [1.82, 2.24) is 29.9 Å². The summed E-state index contributed by atoms with van der Waals surface area (Å²) in [7, 11) is 0. The summed E-state index contributed by atoms with van der Waals surface area (Å²) in [6.07, 6.45) is 26.3. The van der Waals surface area contributed by atoms with Crippen LogP contribution in [-0.2, 0) is 26.7 Å². The first-order chi connectivity index (χ1) is 32.1. The Kier molecular flexibility index (Phi) is 45.2. The molecule has 382 valence electrons. The van der Waals surface area contributed by atoms with Crippen LogP contribution in [-0.4, -0.2) is 42.8 Å². The van der Waals surface area contributed by atoms with Gasteiger partial charge < -0.3 is 22.4 Å². The van der Waals surface area contributed by atoms with E-state index < -0.39 is 36.2 Å². The van der Waals surface area contributed by atoms with E-state index in [0.717, 1.165) is 42.2 Å². The van der Waals surface area contributed by atoms with Crippen LogP contribution in [0, 0.1) is 35.4 Å². The Bertz CT molecular complexity index is 1990. The Morgan fingerprint density at radius 1 is 0.493 bits per heavy atom. The third-order valence-corrected chi connectivity index (χ3v) is 8.76. The Labute approximate surface area is 469 Å². The molecule has 0 aliphatic rings. The van der Waals surface area contributed by atoms with Crippen LogP contribution in [0.1, 0.15) is 96.8 Å². The van der Waals surface area contributed by atoms with Gasteiger partial charge in [0.15, 0.2) is 12.9 Å². The Morgan fingerprint density at radius 3 is 1.14 bits per heavy atom. The first-order valence-electron chi connectivity index (χ1n) is 21.3. The van der Waals surface area contributed by atoms with Gasteiger partial charge in [-0.1, -0.05) is 254 Å². The number of nitrogens with zero attached hydrogens (tertiary/aromatic N) is 6. The van der Waals surface area contributed by atoms with Crippen molar-refractivity contribution in [2.45, 2.75) is 116 Å². The topological polar surface area (TPSA) is 69.4 Å². The molecule has 2 aromatic carbocycles. The molecule has 0 bridgehead atoms. The van der Waals surface area contributed by atoms with Crippen molar-refractivity contribution >= 4 is 104 Å². The molecule has 21 heteroatoms. The number of aryl methyl sites for hydroxylation is 1. The van der Waals surface area contributed by atoms with Crippen molar-refractivity contribution in [2.75, 3.05) is 0 Å². The van der Waals surface area contributed by atoms with Gasteiger partial charge in [-0.25, -0.2) is 0 Å². The zero-order valence-electron chi connectivity index (χ0n) is 37.5. The molecule has 4 aromatic heterocycles. The third-order valence-electron chi connectivity index (χ3n) is 8.76. The second-order valence-electron chi connectivity index (χ2n) is 13.9. The van der Waals surface area contributed by atoms with Gasteiger partial charge in [-0.15, -0.1) is 29.4 Å². The van der Waals surface area contributed by atoms with Crippen molar-refractivity contribution in [3.05, 3.63) is 139 Å². The van der Waals surface area contributed by atoms with E-state index in [2.05, 4.69) is 44.3 Å². The molecule has 0 amide bonds. The minimum atomic E-state index is -0.750. The molecule has 0 N–H and O–H groups in total. The Morgan fingerprint density at radius 2 is 0.826 bits per heavy atom. The smallest absolute Gasteiger partial charge is 1.00 e. The molecule has 0 atom stereocenters. The number of hydrogen-bond donors (Lipinski definition) is 0. The number of alkyl halides is 9. The first kappa shape index (κ1) is 69.4. The van der Waals surface area contributed by atoms with Crippen LogP contribution in [0.2, 0.25) is 0 Å². The van der Waals surface area contributed by atoms with Gasteiger partial charge in [-0.05, 0) is 42.1 Å². The van der Waals surface area contributed by atoms with Gasteiger partial charge in [0.1, 0.15) is 5.69 Å². The summed E-state index contributed by atoms with van der Waals surface area (Å²) in [5.41, 5.74) is 3.03. The third kappa shape index (κ3) is 37.7. The fraction of sp³-hybridized carbons (Fsp3) is 0.396. The van der Waals surface area contributed by atoms with Crippen LogP contribution in [0.15, 0.2) is 104 Å². The normalized spacial score (nSPS) is 10.0. The number of aromatic nitrogens is 6. The number of hydrogen-bond acceptors (Lipinski definition) is 5. The van der Waals surface area contributed by atoms with E-state index in [-0.39, 0.29) is 43.6 Å². The molecule has 0 radical (unpaired) electrons. The molecule has 0 saturated heterocycles. The quantitative estimate of drug-likeness (QED) is 0.0371. The van der Waals surface area contributed by atoms with Crippen molar-refractivity contribution < 1.29 is 50.1 Å². The monoisotopic (exact) mass is 1330 g/mol. The van der Waals surface area contributed by atoms with Crippen molar-refractivity contribution in [3.63, 3.8) is 0 Å². The van der Waals surface area contributed by atoms with E-state index in [1.807, 2.05) is 29.1 Å². The average Bonchev–Trinajstić information content (AvgIpc) is 3.76. The molecule has 0 saturated carbocycles. The van der Waals surface area contributed by atoms with Gasteiger partial charge in [0.2, 0.25) is 0 Å². The van der Waals surface area contributed by atoms with Gasteiger partial charge >= 0.3 is 20.1 Å². The van der Waals surface area contributed by atoms with Crippen LogP contribution in [0.5, 0.6) is 0 Å². The largest absolute Gasteiger partial charge is 3.00 e. The van der Waals surface area contributed by atoms with Crippen LogP contribution in [0.25, 0.3) is 33.9 Å². The van der Waals surface area contributed by atoms with E-state index in [0.29, 0.717) is 11.4 Å². The van der Waals surface area contributed by atoms with Crippen molar-refractivity contribution in [2.24, 2.45) is 0 Å². The maximum Gasteiger partial charge on any atom is 3.00 e.